The van der Waals surface area contributed by atoms with Crippen molar-refractivity contribution in [1.82, 2.24) is 15.0 Å². The number of rotatable bonds is 2. The van der Waals surface area contributed by atoms with E-state index in [1.165, 1.54) is 63.6 Å². The number of aromatic nitrogens is 3. The van der Waals surface area contributed by atoms with Gasteiger partial charge in [-0.05, 0) is 52.9 Å². The second kappa shape index (κ2) is 7.99. The number of nitrogens with zero attached hydrogens (tertiary/aromatic N) is 5. The highest BCUT2D eigenvalue weighted by Gasteiger charge is 2.51. The molecule has 0 radical (unpaired) electrons. The summed E-state index contributed by atoms with van der Waals surface area (Å²) in [6.07, 6.45) is 9.19. The first-order valence-electron chi connectivity index (χ1n) is 12.8. The Kier molecular flexibility index (Phi) is 4.39. The summed E-state index contributed by atoms with van der Waals surface area (Å²) >= 11 is 3.75. The van der Waals surface area contributed by atoms with Crippen LogP contribution in [0, 0.1) is 0 Å². The number of benzene rings is 3. The molecular weight excluding hydrogens is 517 g/mol. The third-order valence-corrected chi connectivity index (χ3v) is 10.1. The van der Waals surface area contributed by atoms with Gasteiger partial charge in [0.05, 0.1) is 23.8 Å². The third kappa shape index (κ3) is 2.93. The highest BCUT2D eigenvalue weighted by atomic mass is 32.1. The second-order valence-electron chi connectivity index (χ2n) is 9.77. The molecule has 0 saturated heterocycles. The van der Waals surface area contributed by atoms with E-state index in [4.69, 9.17) is 0 Å². The van der Waals surface area contributed by atoms with Crippen LogP contribution in [0.4, 0.5) is 22.1 Å². The fraction of sp³-hybridized carbons (Fsp3) is 0. The second-order valence-corrected chi connectivity index (χ2v) is 11.9. The first-order valence-corrected chi connectivity index (χ1v) is 14.4. The zero-order valence-corrected chi connectivity index (χ0v) is 22.2. The number of anilines is 4. The topological polar surface area (TPSA) is 45.2 Å². The predicted octanol–water partition coefficient (Wildman–Crippen LogP) is 7.63. The lowest BCUT2D eigenvalue weighted by Gasteiger charge is -2.35. The van der Waals surface area contributed by atoms with E-state index < -0.39 is 0 Å². The standard InChI is InChI=1S/C31H18BN5S2/c1-3-7-26-22(5-1)28-24-15-20(19-11-13-33-14-12-19)9-10-25(24)37-31-29(23-6-2-4-8-27(23)39-31)36(32(37)30(28)38-26)21-16-34-18-35-17-21/h1-18H. The maximum absolute atomic E-state index is 4.42. The Hall–Kier alpha value is -4.53. The molecule has 2 aliphatic rings. The normalized spacial score (nSPS) is 13.5. The van der Waals surface area contributed by atoms with Crippen molar-refractivity contribution in [3.8, 4) is 22.3 Å². The van der Waals surface area contributed by atoms with Gasteiger partial charge in [0.2, 0.25) is 0 Å². The van der Waals surface area contributed by atoms with E-state index in [-0.39, 0.29) is 6.98 Å². The van der Waals surface area contributed by atoms with E-state index in [9.17, 15) is 0 Å². The van der Waals surface area contributed by atoms with Gasteiger partial charge in [0, 0.05) is 48.8 Å². The van der Waals surface area contributed by atoms with Crippen LogP contribution in [0.25, 0.3) is 42.4 Å². The Morgan fingerprint density at radius 2 is 1.41 bits per heavy atom. The van der Waals surface area contributed by atoms with Crippen LogP contribution in [0.1, 0.15) is 0 Å². The van der Waals surface area contributed by atoms with E-state index in [0.717, 1.165) is 5.69 Å². The molecule has 0 fully saturated rings. The largest absolute Gasteiger partial charge is 0.432 e. The van der Waals surface area contributed by atoms with Crippen molar-refractivity contribution in [2.45, 2.75) is 0 Å². The summed E-state index contributed by atoms with van der Waals surface area (Å²) in [5.74, 6) is 0. The van der Waals surface area contributed by atoms with Crippen LogP contribution in [-0.4, -0.2) is 21.9 Å². The van der Waals surface area contributed by atoms with Gasteiger partial charge in [0.15, 0.2) is 0 Å². The highest BCUT2D eigenvalue weighted by molar-refractivity contribution is 7.32. The smallest absolute Gasteiger partial charge is 0.356 e. The number of fused-ring (bicyclic) bond motifs is 12. The van der Waals surface area contributed by atoms with Gasteiger partial charge in [-0.2, -0.15) is 0 Å². The molecule has 7 aromatic rings. The lowest BCUT2D eigenvalue weighted by atomic mass is 9.64. The van der Waals surface area contributed by atoms with Crippen molar-refractivity contribution in [2.75, 3.05) is 9.62 Å². The van der Waals surface area contributed by atoms with Crippen LogP contribution in [0.2, 0.25) is 0 Å². The maximum atomic E-state index is 4.42. The monoisotopic (exact) mass is 535 g/mol. The summed E-state index contributed by atoms with van der Waals surface area (Å²) < 4.78 is 3.92. The zero-order chi connectivity index (χ0) is 25.5. The molecule has 5 nitrogen and oxygen atoms in total. The minimum Gasteiger partial charge on any atom is -0.356 e. The first kappa shape index (κ1) is 21.4. The van der Waals surface area contributed by atoms with Crippen LogP contribution in [0.15, 0.2) is 110 Å². The fourth-order valence-corrected chi connectivity index (χ4v) is 8.65. The van der Waals surface area contributed by atoms with Crippen LogP contribution in [0.5, 0.6) is 0 Å². The fourth-order valence-electron chi connectivity index (χ4n) is 6.12. The molecule has 6 heterocycles. The molecule has 0 aliphatic carbocycles. The molecular formula is C31H18BN5S2. The van der Waals surface area contributed by atoms with Crippen molar-refractivity contribution in [3.05, 3.63) is 110 Å². The molecule has 3 aromatic carbocycles. The summed E-state index contributed by atoms with van der Waals surface area (Å²) in [5.41, 5.74) is 8.40. The van der Waals surface area contributed by atoms with Gasteiger partial charge in [-0.15, -0.1) is 22.7 Å². The van der Waals surface area contributed by atoms with Gasteiger partial charge in [0.1, 0.15) is 11.3 Å². The van der Waals surface area contributed by atoms with Gasteiger partial charge < -0.3 is 9.62 Å². The molecule has 0 unspecified atom stereocenters. The van der Waals surface area contributed by atoms with E-state index in [1.807, 2.05) is 47.5 Å². The van der Waals surface area contributed by atoms with Crippen LogP contribution in [-0.2, 0) is 0 Å². The average Bonchev–Trinajstić information content (AvgIpc) is 3.67. The van der Waals surface area contributed by atoms with E-state index in [2.05, 4.69) is 103 Å². The van der Waals surface area contributed by atoms with E-state index in [0.29, 0.717) is 0 Å². The Labute approximate surface area is 232 Å². The lowest BCUT2D eigenvalue weighted by Crippen LogP contribution is -2.54. The summed E-state index contributed by atoms with van der Waals surface area (Å²) in [4.78, 5) is 18.1. The van der Waals surface area contributed by atoms with Crippen LogP contribution in [0.3, 0.4) is 0 Å². The predicted molar refractivity (Wildman–Crippen MR) is 164 cm³/mol. The van der Waals surface area contributed by atoms with Gasteiger partial charge in [-0.1, -0.05) is 42.5 Å². The minimum absolute atomic E-state index is 0.0199. The summed E-state index contributed by atoms with van der Waals surface area (Å²) in [7, 11) is 0. The maximum Gasteiger partial charge on any atom is 0.432 e. The average molecular weight is 535 g/mol. The molecule has 8 heteroatoms. The number of thiophene rings is 2. The molecule has 0 spiro atoms. The summed E-state index contributed by atoms with van der Waals surface area (Å²) in [5, 5.41) is 3.81. The zero-order valence-electron chi connectivity index (χ0n) is 20.5. The molecule has 39 heavy (non-hydrogen) atoms. The highest BCUT2D eigenvalue weighted by Crippen LogP contribution is 2.58. The third-order valence-electron chi connectivity index (χ3n) is 7.72. The van der Waals surface area contributed by atoms with Crippen molar-refractivity contribution < 1.29 is 0 Å². The van der Waals surface area contributed by atoms with Gasteiger partial charge in [-0.3, -0.25) is 4.98 Å². The lowest BCUT2D eigenvalue weighted by molar-refractivity contribution is 1.15. The molecule has 0 atom stereocenters. The number of hydrogen-bond donors (Lipinski definition) is 0. The number of pyridine rings is 1. The SMILES string of the molecule is c1ccc2c3c(sc2c1)B1N(c2ccc(-c4ccncc4)cc2-3)c2sc3ccccc3c2N1c1cncnc1. The van der Waals surface area contributed by atoms with Gasteiger partial charge in [-0.25, -0.2) is 9.97 Å². The first-order chi connectivity index (χ1) is 19.4. The molecule has 0 amide bonds. The van der Waals surface area contributed by atoms with E-state index >= 15 is 0 Å². The molecule has 0 bridgehead atoms. The molecule has 4 aromatic heterocycles. The molecule has 2 aliphatic heterocycles. The van der Waals surface area contributed by atoms with Crippen molar-refractivity contribution in [1.29, 1.82) is 0 Å². The molecule has 9 rings (SSSR count). The van der Waals surface area contributed by atoms with Gasteiger partial charge >= 0.3 is 6.98 Å². The minimum atomic E-state index is -0.0199. The Balaban J connectivity index is 1.39. The molecule has 0 saturated carbocycles. The van der Waals surface area contributed by atoms with Crippen molar-refractivity contribution in [3.63, 3.8) is 0 Å². The van der Waals surface area contributed by atoms with E-state index in [1.54, 1.807) is 6.33 Å². The summed E-state index contributed by atoms with van der Waals surface area (Å²) in [6, 6.07) is 28.6. The molecule has 0 N–H and O–H groups in total. The Bertz CT molecular complexity index is 2050. The van der Waals surface area contributed by atoms with Crippen molar-refractivity contribution >= 4 is 76.7 Å². The molecule has 182 valence electrons. The Morgan fingerprint density at radius 1 is 0.667 bits per heavy atom. The van der Waals surface area contributed by atoms with Crippen molar-refractivity contribution in [2.24, 2.45) is 0 Å². The quantitative estimate of drug-likeness (QED) is 0.213. The Morgan fingerprint density at radius 3 is 2.23 bits per heavy atom. The van der Waals surface area contributed by atoms with Crippen LogP contribution >= 0.6 is 22.7 Å². The summed E-state index contributed by atoms with van der Waals surface area (Å²) in [6.45, 7) is -0.0199. The number of hydrogen-bond acceptors (Lipinski definition) is 7. The van der Waals surface area contributed by atoms with Gasteiger partial charge in [0.25, 0.3) is 0 Å². The van der Waals surface area contributed by atoms with Crippen LogP contribution < -0.4 is 14.4 Å².